The van der Waals surface area contributed by atoms with Crippen LogP contribution < -0.4 is 0 Å². The number of benzene rings is 2. The van der Waals surface area contributed by atoms with Crippen LogP contribution in [0.15, 0.2) is 36.4 Å². The average Bonchev–Trinajstić information content (AvgIpc) is 2.74. The Morgan fingerprint density at radius 3 is 1.47 bits per heavy atom. The number of rotatable bonds is 7. The molecule has 2 N–H and O–H groups in total. The smallest absolute Gasteiger partial charge is 0.335 e. The Bertz CT molecular complexity index is 957. The van der Waals surface area contributed by atoms with Crippen LogP contribution in [0.1, 0.15) is 84.2 Å². The second-order valence-corrected chi connectivity index (χ2v) is 6.94. The lowest BCUT2D eigenvalue weighted by atomic mass is 9.92. The molecule has 0 aliphatic heterocycles. The monoisotopic (exact) mass is 402 g/mol. The number of unbranched alkanes of at least 4 members (excludes halogenated alkanes) is 4. The third-order valence-corrected chi connectivity index (χ3v) is 4.58. The van der Waals surface area contributed by atoms with E-state index >= 15 is 0 Å². The molecule has 4 nitrogen and oxygen atoms in total. The zero-order chi connectivity index (χ0) is 21.9. The third kappa shape index (κ3) is 6.26. The molecule has 0 heterocycles. The molecular weight excluding hydrogens is 376 g/mol. The molecule has 2 rings (SSSR count). The fourth-order valence-corrected chi connectivity index (χ4v) is 2.88. The summed E-state index contributed by atoms with van der Waals surface area (Å²) in [4.78, 5) is 22.9. The largest absolute Gasteiger partial charge is 0.478 e. The molecule has 0 spiro atoms. The second-order valence-electron chi connectivity index (χ2n) is 6.94. The Balaban J connectivity index is 2.61. The van der Waals surface area contributed by atoms with E-state index in [0.717, 1.165) is 49.7 Å². The van der Waals surface area contributed by atoms with Crippen LogP contribution in [0.2, 0.25) is 0 Å². The van der Waals surface area contributed by atoms with Gasteiger partial charge in [-0.25, -0.2) is 9.59 Å². The molecule has 0 radical (unpaired) electrons. The summed E-state index contributed by atoms with van der Waals surface area (Å²) < 4.78 is 0. The number of hydrogen-bond acceptors (Lipinski definition) is 2. The van der Waals surface area contributed by atoms with Crippen molar-refractivity contribution < 1.29 is 19.8 Å². The molecule has 0 aliphatic rings. The summed E-state index contributed by atoms with van der Waals surface area (Å²) in [6, 6.07) is 9.65. The summed E-state index contributed by atoms with van der Waals surface area (Å²) in [6.07, 6.45) is 5.48. The number of carboxylic acid groups (broad SMARTS) is 2. The van der Waals surface area contributed by atoms with Gasteiger partial charge in [0, 0.05) is 24.0 Å². The van der Waals surface area contributed by atoms with Crippen molar-refractivity contribution in [3.05, 3.63) is 58.7 Å². The van der Waals surface area contributed by atoms with Gasteiger partial charge in [0.05, 0.1) is 11.1 Å². The first-order chi connectivity index (χ1) is 14.5. The van der Waals surface area contributed by atoms with Crippen LogP contribution in [0.3, 0.4) is 0 Å². The van der Waals surface area contributed by atoms with Crippen molar-refractivity contribution in [2.45, 2.75) is 52.4 Å². The summed E-state index contributed by atoms with van der Waals surface area (Å²) in [5.74, 6) is 10.4. The van der Waals surface area contributed by atoms with Crippen LogP contribution in [0.4, 0.5) is 0 Å². The van der Waals surface area contributed by atoms with E-state index in [1.807, 2.05) is 0 Å². The topological polar surface area (TPSA) is 74.6 Å². The minimum absolute atomic E-state index is 0.163. The molecule has 0 fully saturated rings. The average molecular weight is 402 g/mol. The molecule has 30 heavy (non-hydrogen) atoms. The lowest BCUT2D eigenvalue weighted by molar-refractivity contribution is 0.0686. The number of carbonyl (C=O) groups is 2. The van der Waals surface area contributed by atoms with Crippen molar-refractivity contribution in [1.82, 2.24) is 0 Å². The minimum Gasteiger partial charge on any atom is -0.478 e. The number of aromatic carboxylic acids is 2. The van der Waals surface area contributed by atoms with Crippen LogP contribution >= 0.6 is 0 Å². The van der Waals surface area contributed by atoms with E-state index in [2.05, 4.69) is 37.5 Å². The number of hydrogen-bond donors (Lipinski definition) is 2. The summed E-state index contributed by atoms with van der Waals surface area (Å²) in [7, 11) is 0. The van der Waals surface area contributed by atoms with E-state index in [1.54, 1.807) is 24.3 Å². The molecule has 0 aliphatic carbocycles. The summed E-state index contributed by atoms with van der Waals surface area (Å²) in [5.41, 5.74) is 3.03. The quantitative estimate of drug-likeness (QED) is 0.451. The fraction of sp³-hybridized carbons (Fsp3) is 0.308. The van der Waals surface area contributed by atoms with E-state index in [9.17, 15) is 19.8 Å². The van der Waals surface area contributed by atoms with Gasteiger partial charge >= 0.3 is 11.9 Å². The Labute approximate surface area is 178 Å². The first-order valence-corrected chi connectivity index (χ1v) is 10.2. The first-order valence-electron chi connectivity index (χ1n) is 10.2. The highest BCUT2D eigenvalue weighted by molar-refractivity contribution is 5.92. The Kier molecular flexibility index (Phi) is 8.73. The van der Waals surface area contributed by atoms with Gasteiger partial charge in [-0.15, -0.1) is 0 Å². The van der Waals surface area contributed by atoms with Gasteiger partial charge in [-0.05, 0) is 48.2 Å². The summed E-state index contributed by atoms with van der Waals surface area (Å²) >= 11 is 0. The molecule has 0 unspecified atom stereocenters. The summed E-state index contributed by atoms with van der Waals surface area (Å²) in [6.45, 7) is 4.18. The van der Waals surface area contributed by atoms with Crippen LogP contribution in [0.5, 0.6) is 0 Å². The van der Waals surface area contributed by atoms with Gasteiger partial charge in [0.2, 0.25) is 0 Å². The van der Waals surface area contributed by atoms with Gasteiger partial charge in [0.1, 0.15) is 0 Å². The van der Waals surface area contributed by atoms with E-state index < -0.39 is 11.9 Å². The van der Waals surface area contributed by atoms with E-state index in [-0.39, 0.29) is 11.1 Å². The molecule has 0 aromatic heterocycles. The standard InChI is InChI=1S/C26H26O4/c1-3-5-7-9-11-19-17-21(25(27)28)13-15-23(19)24-16-14-22(26(29)30)18-20(24)12-10-8-6-4-2/h13-18H,3-8H2,1-2H3,(H,27,28)(H,29,30). The molecule has 2 aromatic rings. The fourth-order valence-electron chi connectivity index (χ4n) is 2.88. The predicted molar refractivity (Wildman–Crippen MR) is 119 cm³/mol. The Morgan fingerprint density at radius 1 is 0.733 bits per heavy atom. The molecule has 0 atom stereocenters. The minimum atomic E-state index is -1.01. The summed E-state index contributed by atoms with van der Waals surface area (Å²) in [5, 5.41) is 18.7. The van der Waals surface area contributed by atoms with Gasteiger partial charge in [0.25, 0.3) is 0 Å². The highest BCUT2D eigenvalue weighted by atomic mass is 16.4. The first kappa shape index (κ1) is 22.8. The van der Waals surface area contributed by atoms with Crippen molar-refractivity contribution in [2.75, 3.05) is 0 Å². The molecule has 4 heteroatoms. The maximum Gasteiger partial charge on any atom is 0.335 e. The molecule has 0 saturated carbocycles. The van der Waals surface area contributed by atoms with Crippen LogP contribution in [0.25, 0.3) is 11.1 Å². The van der Waals surface area contributed by atoms with Crippen molar-refractivity contribution >= 4 is 11.9 Å². The molecule has 0 saturated heterocycles. The highest BCUT2D eigenvalue weighted by Gasteiger charge is 2.14. The van der Waals surface area contributed by atoms with Gasteiger partial charge in [0.15, 0.2) is 0 Å². The molecule has 0 amide bonds. The van der Waals surface area contributed by atoms with Crippen molar-refractivity contribution in [2.24, 2.45) is 0 Å². The Morgan fingerprint density at radius 2 is 1.13 bits per heavy atom. The van der Waals surface area contributed by atoms with Crippen LogP contribution in [-0.2, 0) is 0 Å². The molecule has 0 bridgehead atoms. The molecule has 154 valence electrons. The SMILES string of the molecule is CCCCC#Cc1cc(C(=O)O)ccc1-c1ccc(C(=O)O)cc1C#CCCCC. The zero-order valence-corrected chi connectivity index (χ0v) is 17.4. The number of carboxylic acids is 2. The van der Waals surface area contributed by atoms with Crippen molar-refractivity contribution in [1.29, 1.82) is 0 Å². The molecular formula is C26H26O4. The van der Waals surface area contributed by atoms with E-state index in [1.165, 1.54) is 12.1 Å². The maximum absolute atomic E-state index is 11.4. The lowest BCUT2D eigenvalue weighted by Gasteiger charge is -2.10. The lowest BCUT2D eigenvalue weighted by Crippen LogP contribution is -2.00. The van der Waals surface area contributed by atoms with Crippen molar-refractivity contribution in [3.63, 3.8) is 0 Å². The zero-order valence-electron chi connectivity index (χ0n) is 17.4. The van der Waals surface area contributed by atoms with E-state index in [4.69, 9.17) is 0 Å². The van der Waals surface area contributed by atoms with Gasteiger partial charge in [-0.3, -0.25) is 0 Å². The highest BCUT2D eigenvalue weighted by Crippen LogP contribution is 2.29. The van der Waals surface area contributed by atoms with Crippen LogP contribution in [-0.4, -0.2) is 22.2 Å². The van der Waals surface area contributed by atoms with Gasteiger partial charge in [-0.2, -0.15) is 0 Å². The normalized spacial score (nSPS) is 9.80. The third-order valence-electron chi connectivity index (χ3n) is 4.58. The molecule has 2 aromatic carbocycles. The Hall–Kier alpha value is -3.50. The second kappa shape index (κ2) is 11.5. The van der Waals surface area contributed by atoms with Crippen molar-refractivity contribution in [3.8, 4) is 34.8 Å². The van der Waals surface area contributed by atoms with Gasteiger partial charge in [-0.1, -0.05) is 62.5 Å². The van der Waals surface area contributed by atoms with E-state index in [0.29, 0.717) is 11.1 Å². The van der Waals surface area contributed by atoms with Gasteiger partial charge < -0.3 is 10.2 Å². The predicted octanol–water partition coefficient (Wildman–Crippen LogP) is 5.83. The maximum atomic E-state index is 11.4. The van der Waals surface area contributed by atoms with Crippen LogP contribution in [0, 0.1) is 23.7 Å².